The lowest BCUT2D eigenvalue weighted by atomic mass is 10.1. The van der Waals surface area contributed by atoms with Crippen molar-refractivity contribution in [2.24, 2.45) is 0 Å². The van der Waals surface area contributed by atoms with Crippen molar-refractivity contribution < 1.29 is 13.9 Å². The first kappa shape index (κ1) is 20.3. The van der Waals surface area contributed by atoms with Crippen LogP contribution in [0.2, 0.25) is 0 Å². The molecule has 0 spiro atoms. The minimum atomic E-state index is -0.810. The fraction of sp³-hybridized carbons (Fsp3) is 0.273. The van der Waals surface area contributed by atoms with Gasteiger partial charge in [-0.25, -0.2) is 4.39 Å². The number of rotatable bonds is 5. The summed E-state index contributed by atoms with van der Waals surface area (Å²) in [4.78, 5) is 18.8. The zero-order valence-electron chi connectivity index (χ0n) is 16.7. The smallest absolute Gasteiger partial charge is 0.247 e. The number of halogens is 1. The van der Waals surface area contributed by atoms with E-state index in [2.05, 4.69) is 22.1 Å². The normalized spacial score (nSPS) is 15.0. The van der Waals surface area contributed by atoms with Gasteiger partial charge >= 0.3 is 0 Å². The third-order valence-corrected chi connectivity index (χ3v) is 5.66. The molecule has 1 aliphatic heterocycles. The molecule has 1 amide bonds. The summed E-state index contributed by atoms with van der Waals surface area (Å²) in [6, 6.07) is 13.3. The van der Waals surface area contributed by atoms with Gasteiger partial charge < -0.3 is 4.74 Å². The molecule has 0 N–H and O–H groups in total. The second-order valence-electron chi connectivity index (χ2n) is 6.88. The minimum Gasteiger partial charge on any atom is -0.447 e. The lowest BCUT2D eigenvalue weighted by Crippen LogP contribution is -2.36. The van der Waals surface area contributed by atoms with Crippen molar-refractivity contribution in [2.75, 3.05) is 10.7 Å². The Hall–Kier alpha value is -3.00. The van der Waals surface area contributed by atoms with Gasteiger partial charge in [0.15, 0.2) is 5.69 Å². The van der Waals surface area contributed by atoms with Gasteiger partial charge in [-0.2, -0.15) is 4.98 Å². The monoisotopic (exact) mass is 424 g/mol. The van der Waals surface area contributed by atoms with Crippen molar-refractivity contribution in [2.45, 2.75) is 38.1 Å². The molecule has 4 rings (SSSR count). The fourth-order valence-corrected chi connectivity index (χ4v) is 4.13. The number of aromatic nitrogens is 3. The second-order valence-corrected chi connectivity index (χ2v) is 7.94. The van der Waals surface area contributed by atoms with Crippen molar-refractivity contribution in [3.63, 3.8) is 0 Å². The topological polar surface area (TPSA) is 68.2 Å². The van der Waals surface area contributed by atoms with Crippen LogP contribution in [0.5, 0.6) is 5.88 Å². The standard InChI is InChI=1S/C22H21FN4O2S/c1-3-4-13-30-22-24-20-19(25-26-22)17-7-5-6-8-18(17)27(14(2)28)21(29-20)15-9-11-16(23)12-10-15/h5-12,21H,3-4,13H2,1-2H3. The molecule has 6 nitrogen and oxygen atoms in total. The summed E-state index contributed by atoms with van der Waals surface area (Å²) in [7, 11) is 0. The lowest BCUT2D eigenvalue weighted by molar-refractivity contribution is -0.118. The second kappa shape index (κ2) is 8.79. The van der Waals surface area contributed by atoms with E-state index in [0.717, 1.165) is 18.6 Å². The number of nitrogens with zero attached hydrogens (tertiary/aromatic N) is 4. The molecule has 0 saturated heterocycles. The zero-order chi connectivity index (χ0) is 21.1. The highest BCUT2D eigenvalue weighted by Gasteiger charge is 2.34. The van der Waals surface area contributed by atoms with E-state index in [-0.39, 0.29) is 11.7 Å². The summed E-state index contributed by atoms with van der Waals surface area (Å²) in [5.41, 5.74) is 2.45. The van der Waals surface area contributed by atoms with Crippen LogP contribution >= 0.6 is 11.8 Å². The summed E-state index contributed by atoms with van der Waals surface area (Å²) in [6.07, 6.45) is 1.32. The van der Waals surface area contributed by atoms with E-state index >= 15 is 0 Å². The van der Waals surface area contributed by atoms with Crippen LogP contribution in [-0.2, 0) is 4.79 Å². The summed E-state index contributed by atoms with van der Waals surface area (Å²) >= 11 is 1.52. The number of amides is 1. The molecular weight excluding hydrogens is 403 g/mol. The number of fused-ring (bicyclic) bond motifs is 3. The number of hydrogen-bond donors (Lipinski definition) is 0. The molecule has 1 unspecified atom stereocenters. The van der Waals surface area contributed by atoms with E-state index in [0.29, 0.717) is 33.5 Å². The predicted octanol–water partition coefficient (Wildman–Crippen LogP) is 5.01. The van der Waals surface area contributed by atoms with Crippen LogP contribution in [0.1, 0.15) is 38.5 Å². The molecule has 1 aliphatic rings. The molecule has 0 saturated carbocycles. The van der Waals surface area contributed by atoms with Crippen LogP contribution in [0.3, 0.4) is 0 Å². The van der Waals surface area contributed by atoms with Crippen LogP contribution in [0.4, 0.5) is 10.1 Å². The Labute approximate surface area is 178 Å². The van der Waals surface area contributed by atoms with Gasteiger partial charge in [0.25, 0.3) is 0 Å². The van der Waals surface area contributed by atoms with Gasteiger partial charge in [0.05, 0.1) is 5.69 Å². The SMILES string of the molecule is CCCCSc1nnc2c(n1)OC(c1ccc(F)cc1)N(C(C)=O)c1ccccc1-2. The molecule has 30 heavy (non-hydrogen) atoms. The molecule has 154 valence electrons. The highest BCUT2D eigenvalue weighted by atomic mass is 32.2. The van der Waals surface area contributed by atoms with Crippen molar-refractivity contribution in [1.82, 2.24) is 15.2 Å². The first-order valence-electron chi connectivity index (χ1n) is 9.77. The highest BCUT2D eigenvalue weighted by Crippen LogP contribution is 2.43. The number of hydrogen-bond acceptors (Lipinski definition) is 6. The van der Waals surface area contributed by atoms with Crippen molar-refractivity contribution in [1.29, 1.82) is 0 Å². The summed E-state index contributed by atoms with van der Waals surface area (Å²) in [5.74, 6) is 0.611. The Morgan fingerprint density at radius 2 is 1.93 bits per heavy atom. The van der Waals surface area contributed by atoms with Crippen LogP contribution in [0, 0.1) is 5.82 Å². The van der Waals surface area contributed by atoms with Gasteiger partial charge in [-0.3, -0.25) is 9.69 Å². The molecule has 8 heteroatoms. The molecule has 2 heterocycles. The van der Waals surface area contributed by atoms with Gasteiger partial charge in [-0.1, -0.05) is 55.4 Å². The molecule has 1 atom stereocenters. The Kier molecular flexibility index (Phi) is 5.94. The third kappa shape index (κ3) is 4.00. The summed E-state index contributed by atoms with van der Waals surface area (Å²) in [5, 5.41) is 9.15. The van der Waals surface area contributed by atoms with E-state index in [4.69, 9.17) is 4.74 Å². The predicted molar refractivity (Wildman–Crippen MR) is 114 cm³/mol. The Balaban J connectivity index is 1.84. The zero-order valence-corrected chi connectivity index (χ0v) is 17.5. The van der Waals surface area contributed by atoms with Gasteiger partial charge in [-0.15, -0.1) is 10.2 Å². The number of unbranched alkanes of at least 4 members (excludes halogenated alkanes) is 1. The van der Waals surface area contributed by atoms with Crippen LogP contribution in [0.15, 0.2) is 53.7 Å². The van der Waals surface area contributed by atoms with E-state index < -0.39 is 6.23 Å². The van der Waals surface area contributed by atoms with Crippen LogP contribution in [0.25, 0.3) is 11.3 Å². The molecule has 1 aromatic heterocycles. The number of carbonyl (C=O) groups excluding carboxylic acids is 1. The fourth-order valence-electron chi connectivity index (χ4n) is 3.27. The number of ether oxygens (including phenoxy) is 1. The Morgan fingerprint density at radius 3 is 2.67 bits per heavy atom. The average Bonchev–Trinajstić information content (AvgIpc) is 2.89. The molecule has 0 bridgehead atoms. The van der Waals surface area contributed by atoms with Gasteiger partial charge in [-0.05, 0) is 24.6 Å². The summed E-state index contributed by atoms with van der Waals surface area (Å²) < 4.78 is 19.8. The van der Waals surface area contributed by atoms with E-state index in [1.54, 1.807) is 12.1 Å². The number of carbonyl (C=O) groups is 1. The number of anilines is 1. The highest BCUT2D eigenvalue weighted by molar-refractivity contribution is 7.99. The number of para-hydroxylation sites is 1. The molecule has 2 aromatic carbocycles. The first-order chi connectivity index (χ1) is 14.6. The number of benzene rings is 2. The first-order valence-corrected chi connectivity index (χ1v) is 10.8. The van der Waals surface area contributed by atoms with E-state index in [1.807, 2.05) is 24.3 Å². The molecule has 0 fully saturated rings. The average molecular weight is 425 g/mol. The third-order valence-electron chi connectivity index (χ3n) is 4.74. The van der Waals surface area contributed by atoms with Crippen molar-refractivity contribution in [3.05, 3.63) is 59.9 Å². The largest absolute Gasteiger partial charge is 0.447 e. The molecule has 0 aliphatic carbocycles. The molecule has 0 radical (unpaired) electrons. The minimum absolute atomic E-state index is 0.213. The molecular formula is C22H21FN4O2S. The maximum absolute atomic E-state index is 13.5. The van der Waals surface area contributed by atoms with Crippen LogP contribution < -0.4 is 9.64 Å². The van der Waals surface area contributed by atoms with E-state index in [9.17, 15) is 9.18 Å². The Morgan fingerprint density at radius 1 is 1.17 bits per heavy atom. The molecule has 3 aromatic rings. The van der Waals surface area contributed by atoms with Gasteiger partial charge in [0, 0.05) is 23.8 Å². The van der Waals surface area contributed by atoms with Crippen molar-refractivity contribution in [3.8, 4) is 17.1 Å². The van der Waals surface area contributed by atoms with Gasteiger partial charge in [0.2, 0.25) is 23.2 Å². The quantitative estimate of drug-likeness (QED) is 0.423. The summed E-state index contributed by atoms with van der Waals surface area (Å²) in [6.45, 7) is 3.60. The Bertz CT molecular complexity index is 1060. The van der Waals surface area contributed by atoms with Crippen molar-refractivity contribution >= 4 is 23.4 Å². The van der Waals surface area contributed by atoms with Crippen LogP contribution in [-0.4, -0.2) is 26.8 Å². The lowest BCUT2D eigenvalue weighted by Gasteiger charge is -2.29. The van der Waals surface area contributed by atoms with E-state index in [1.165, 1.54) is 35.7 Å². The number of thioether (sulfide) groups is 1. The maximum atomic E-state index is 13.5. The van der Waals surface area contributed by atoms with Gasteiger partial charge in [0.1, 0.15) is 5.82 Å². The maximum Gasteiger partial charge on any atom is 0.247 e.